The molecule has 118 valence electrons. The van der Waals surface area contributed by atoms with Crippen LogP contribution in [0.4, 0.5) is 4.39 Å². The van der Waals surface area contributed by atoms with Gasteiger partial charge in [-0.25, -0.2) is 22.7 Å². The van der Waals surface area contributed by atoms with Crippen molar-refractivity contribution in [2.75, 3.05) is 6.61 Å². The zero-order valence-corrected chi connectivity index (χ0v) is 13.4. The topological polar surface area (TPSA) is 86.5 Å². The van der Waals surface area contributed by atoms with Crippen LogP contribution in [0.5, 0.6) is 0 Å². The quantitative estimate of drug-likeness (QED) is 0.864. The van der Waals surface area contributed by atoms with Crippen LogP contribution >= 0.6 is 0 Å². The van der Waals surface area contributed by atoms with Gasteiger partial charge in [0.05, 0.1) is 17.1 Å². The molecule has 1 aromatic carbocycles. The predicted molar refractivity (Wildman–Crippen MR) is 76.9 cm³/mol. The second-order valence-electron chi connectivity index (χ2n) is 6.09. The van der Waals surface area contributed by atoms with E-state index >= 15 is 0 Å². The molecule has 0 fully saturated rings. The molecule has 0 saturated heterocycles. The van der Waals surface area contributed by atoms with Gasteiger partial charge in [-0.1, -0.05) is 20.8 Å². The Morgan fingerprint density at radius 2 is 1.90 bits per heavy atom. The molecule has 0 aliphatic heterocycles. The number of carbonyl (C=O) groups excluding carboxylic acids is 1. The third-order valence-corrected chi connectivity index (χ3v) is 3.93. The summed E-state index contributed by atoms with van der Waals surface area (Å²) >= 11 is 0. The lowest BCUT2D eigenvalue weighted by atomic mass is 9.93. The molecule has 0 unspecified atom stereocenters. The van der Waals surface area contributed by atoms with E-state index in [1.807, 2.05) is 20.8 Å². The molecular formula is C14H20FNO4S. The molecule has 0 radical (unpaired) electrons. The number of sulfonamides is 1. The van der Waals surface area contributed by atoms with Crippen LogP contribution in [0.1, 0.15) is 43.1 Å². The molecule has 0 aliphatic rings. The Labute approximate surface area is 124 Å². The molecule has 1 aromatic rings. The lowest BCUT2D eigenvalue weighted by Gasteiger charge is -2.17. The first-order valence-electron chi connectivity index (χ1n) is 6.42. The van der Waals surface area contributed by atoms with Crippen molar-refractivity contribution < 1.29 is 22.3 Å². The summed E-state index contributed by atoms with van der Waals surface area (Å²) in [4.78, 5) is 11.6. The molecule has 2 N–H and O–H groups in total. The molecule has 0 aliphatic carbocycles. The van der Waals surface area contributed by atoms with Crippen LogP contribution in [-0.2, 0) is 14.8 Å². The van der Waals surface area contributed by atoms with E-state index in [0.717, 1.165) is 12.1 Å². The van der Waals surface area contributed by atoms with Crippen LogP contribution in [0.25, 0.3) is 0 Å². The van der Waals surface area contributed by atoms with E-state index in [0.29, 0.717) is 6.42 Å². The summed E-state index contributed by atoms with van der Waals surface area (Å²) in [7, 11) is -4.02. The summed E-state index contributed by atoms with van der Waals surface area (Å²) < 4.78 is 41.5. The molecule has 7 heteroatoms. The number of nitrogens with two attached hydrogens (primary N) is 1. The number of hydrogen-bond acceptors (Lipinski definition) is 4. The van der Waals surface area contributed by atoms with Gasteiger partial charge in [0, 0.05) is 0 Å². The Hall–Kier alpha value is -1.47. The van der Waals surface area contributed by atoms with Crippen molar-refractivity contribution in [1.29, 1.82) is 0 Å². The van der Waals surface area contributed by atoms with Crippen molar-refractivity contribution >= 4 is 16.0 Å². The molecule has 0 heterocycles. The van der Waals surface area contributed by atoms with E-state index in [4.69, 9.17) is 9.88 Å². The van der Waals surface area contributed by atoms with Crippen LogP contribution in [-0.4, -0.2) is 21.0 Å². The third kappa shape index (κ3) is 5.09. The molecule has 1 rings (SSSR count). The first-order chi connectivity index (χ1) is 9.42. The minimum absolute atomic E-state index is 0.0299. The Morgan fingerprint density at radius 1 is 1.33 bits per heavy atom. The first kappa shape index (κ1) is 17.6. The summed E-state index contributed by atoms with van der Waals surface area (Å²) in [6.07, 6.45) is 0.605. The minimum atomic E-state index is -4.02. The highest BCUT2D eigenvalue weighted by Gasteiger charge is 2.21. The average molecular weight is 317 g/mol. The van der Waals surface area contributed by atoms with Gasteiger partial charge in [-0.2, -0.15) is 0 Å². The number of benzene rings is 1. The van der Waals surface area contributed by atoms with Gasteiger partial charge in [0.2, 0.25) is 10.0 Å². The van der Waals surface area contributed by atoms with E-state index in [1.54, 1.807) is 0 Å². The molecule has 0 spiro atoms. The summed E-state index contributed by atoms with van der Waals surface area (Å²) in [6.45, 7) is 7.46. The highest BCUT2D eigenvalue weighted by Crippen LogP contribution is 2.21. The van der Waals surface area contributed by atoms with E-state index in [2.05, 4.69) is 0 Å². The second kappa shape index (κ2) is 6.11. The van der Waals surface area contributed by atoms with Crippen LogP contribution in [0, 0.1) is 18.2 Å². The molecule has 5 nitrogen and oxygen atoms in total. The monoisotopic (exact) mass is 317 g/mol. The van der Waals surface area contributed by atoms with Crippen molar-refractivity contribution in [3.8, 4) is 0 Å². The summed E-state index contributed by atoms with van der Waals surface area (Å²) in [5.74, 6) is -1.73. The maximum atomic E-state index is 13.8. The fraction of sp³-hybridized carbons (Fsp3) is 0.500. The normalized spacial score (nSPS) is 12.3. The van der Waals surface area contributed by atoms with E-state index in [9.17, 15) is 17.6 Å². The Morgan fingerprint density at radius 3 is 2.38 bits per heavy atom. The lowest BCUT2D eigenvalue weighted by molar-refractivity contribution is 0.0459. The van der Waals surface area contributed by atoms with Gasteiger partial charge in [0.15, 0.2) is 0 Å². The number of esters is 1. The highest BCUT2D eigenvalue weighted by atomic mass is 32.2. The average Bonchev–Trinajstić information content (AvgIpc) is 2.24. The molecule has 0 atom stereocenters. The maximum Gasteiger partial charge on any atom is 0.341 e. The van der Waals surface area contributed by atoms with Crippen LogP contribution in [0.15, 0.2) is 17.0 Å². The van der Waals surface area contributed by atoms with Crippen molar-refractivity contribution in [1.82, 2.24) is 0 Å². The predicted octanol–water partition coefficient (Wildman–Crippen LogP) is 2.37. The fourth-order valence-corrected chi connectivity index (χ4v) is 2.43. The maximum absolute atomic E-state index is 13.8. The van der Waals surface area contributed by atoms with Gasteiger partial charge >= 0.3 is 5.97 Å². The van der Waals surface area contributed by atoms with Gasteiger partial charge in [-0.15, -0.1) is 0 Å². The Kier molecular flexibility index (Phi) is 5.11. The van der Waals surface area contributed by atoms with E-state index in [1.165, 1.54) is 6.92 Å². The van der Waals surface area contributed by atoms with E-state index < -0.39 is 27.4 Å². The van der Waals surface area contributed by atoms with Crippen molar-refractivity contribution in [3.05, 3.63) is 29.1 Å². The number of halogens is 1. The minimum Gasteiger partial charge on any atom is -0.462 e. The zero-order valence-electron chi connectivity index (χ0n) is 12.6. The SMILES string of the molecule is Cc1cc(F)c(C(=O)OCCC(C)(C)C)cc1S(N)(=O)=O. The Bertz CT molecular complexity index is 648. The van der Waals surface area contributed by atoms with Gasteiger partial charge in [-0.3, -0.25) is 0 Å². The molecule has 0 amide bonds. The molecule has 0 bridgehead atoms. The Balaban J connectivity index is 3.00. The third-order valence-electron chi connectivity index (χ3n) is 2.88. The zero-order chi connectivity index (χ0) is 16.4. The van der Waals surface area contributed by atoms with Crippen molar-refractivity contribution in [3.63, 3.8) is 0 Å². The summed E-state index contributed by atoms with van der Waals surface area (Å²) in [5, 5.41) is 5.03. The van der Waals surface area contributed by atoms with E-state index in [-0.39, 0.29) is 22.5 Å². The van der Waals surface area contributed by atoms with Crippen LogP contribution < -0.4 is 5.14 Å². The van der Waals surface area contributed by atoms with Gasteiger partial charge in [-0.05, 0) is 36.5 Å². The van der Waals surface area contributed by atoms with Crippen LogP contribution in [0.2, 0.25) is 0 Å². The van der Waals surface area contributed by atoms with Crippen molar-refractivity contribution in [2.24, 2.45) is 10.6 Å². The number of primary sulfonamides is 1. The molecule has 21 heavy (non-hydrogen) atoms. The molecule has 0 saturated carbocycles. The number of rotatable bonds is 4. The summed E-state index contributed by atoms with van der Waals surface area (Å²) in [5.41, 5.74) is -0.322. The highest BCUT2D eigenvalue weighted by molar-refractivity contribution is 7.89. The lowest BCUT2D eigenvalue weighted by Crippen LogP contribution is -2.17. The van der Waals surface area contributed by atoms with Crippen molar-refractivity contribution in [2.45, 2.75) is 39.0 Å². The van der Waals surface area contributed by atoms with Gasteiger partial charge in [0.1, 0.15) is 5.82 Å². The number of carbonyl (C=O) groups is 1. The second-order valence-corrected chi connectivity index (χ2v) is 7.62. The summed E-state index contributed by atoms with van der Waals surface area (Å²) in [6, 6.07) is 1.87. The molecule has 0 aromatic heterocycles. The number of aryl methyl sites for hydroxylation is 1. The number of ether oxygens (including phenoxy) is 1. The van der Waals surface area contributed by atoms with Gasteiger partial charge in [0.25, 0.3) is 0 Å². The van der Waals surface area contributed by atoms with Gasteiger partial charge < -0.3 is 4.74 Å². The number of hydrogen-bond donors (Lipinski definition) is 1. The smallest absolute Gasteiger partial charge is 0.341 e. The molecular weight excluding hydrogens is 297 g/mol. The standard InChI is InChI=1S/C14H20FNO4S/c1-9-7-11(15)10(8-12(9)21(16,18)19)13(17)20-6-5-14(2,3)4/h7-8H,5-6H2,1-4H3,(H2,16,18,19). The first-order valence-corrected chi connectivity index (χ1v) is 7.96. The largest absolute Gasteiger partial charge is 0.462 e. The van der Waals surface area contributed by atoms with Crippen LogP contribution in [0.3, 0.4) is 0 Å². The fourth-order valence-electron chi connectivity index (χ4n) is 1.64.